The average molecular weight is 179 g/mol. The van der Waals surface area contributed by atoms with E-state index in [0.29, 0.717) is 0 Å². The first-order valence-electron chi connectivity index (χ1n) is 4.65. The van der Waals surface area contributed by atoms with Gasteiger partial charge in [-0.05, 0) is 37.5 Å². The highest BCUT2D eigenvalue weighted by atomic mass is 19.1. The van der Waals surface area contributed by atoms with E-state index in [9.17, 15) is 4.39 Å². The Morgan fingerprint density at radius 3 is 2.23 bits per heavy atom. The largest absolute Gasteiger partial charge is 0.399 e. The summed E-state index contributed by atoms with van der Waals surface area (Å²) in [5.41, 5.74) is 7.22. The molecule has 1 aromatic carbocycles. The third-order valence-corrected chi connectivity index (χ3v) is 3.04. The summed E-state index contributed by atoms with van der Waals surface area (Å²) in [6, 6.07) is 7.58. The molecular formula is C11H14FN. The topological polar surface area (TPSA) is 26.0 Å². The average Bonchev–Trinajstić information content (AvgIpc) is 2.86. The molecule has 1 saturated carbocycles. The van der Waals surface area contributed by atoms with Gasteiger partial charge in [0.25, 0.3) is 0 Å². The lowest BCUT2D eigenvalue weighted by molar-refractivity contribution is 0.290. The van der Waals surface area contributed by atoms with Gasteiger partial charge in [0.15, 0.2) is 0 Å². The highest BCUT2D eigenvalue weighted by Crippen LogP contribution is 2.52. The van der Waals surface area contributed by atoms with E-state index in [1.165, 1.54) is 0 Å². The third-order valence-electron chi connectivity index (χ3n) is 3.04. The summed E-state index contributed by atoms with van der Waals surface area (Å²) in [6.07, 6.45) is 1.18. The molecular weight excluding hydrogens is 165 g/mol. The zero-order chi connectivity index (χ0) is 9.47. The van der Waals surface area contributed by atoms with E-state index in [4.69, 9.17) is 5.73 Å². The van der Waals surface area contributed by atoms with Crippen molar-refractivity contribution in [2.45, 2.75) is 31.4 Å². The van der Waals surface area contributed by atoms with Gasteiger partial charge in [-0.1, -0.05) is 12.1 Å². The number of hydrogen-bond acceptors (Lipinski definition) is 1. The van der Waals surface area contributed by atoms with E-state index in [1.54, 1.807) is 6.92 Å². The van der Waals surface area contributed by atoms with Gasteiger partial charge >= 0.3 is 0 Å². The molecule has 1 aromatic rings. The summed E-state index contributed by atoms with van der Waals surface area (Å²) in [5.74, 6) is 0. The fourth-order valence-corrected chi connectivity index (χ4v) is 1.87. The molecule has 2 heteroatoms. The lowest BCUT2D eigenvalue weighted by Crippen LogP contribution is -2.18. The van der Waals surface area contributed by atoms with Crippen LogP contribution >= 0.6 is 0 Å². The van der Waals surface area contributed by atoms with Crippen LogP contribution in [0.2, 0.25) is 0 Å². The summed E-state index contributed by atoms with van der Waals surface area (Å²) in [6.45, 7) is 1.64. The van der Waals surface area contributed by atoms with Crippen molar-refractivity contribution < 1.29 is 4.39 Å². The lowest BCUT2D eigenvalue weighted by atomic mass is 9.92. The van der Waals surface area contributed by atoms with Gasteiger partial charge in [0.1, 0.15) is 6.17 Å². The number of rotatable bonds is 2. The molecule has 2 rings (SSSR count). The Labute approximate surface area is 77.8 Å². The third kappa shape index (κ3) is 1.30. The quantitative estimate of drug-likeness (QED) is 0.694. The first-order chi connectivity index (χ1) is 6.15. The summed E-state index contributed by atoms with van der Waals surface area (Å²) in [4.78, 5) is 0. The van der Waals surface area contributed by atoms with Crippen LogP contribution in [0.3, 0.4) is 0 Å². The summed E-state index contributed by atoms with van der Waals surface area (Å²) in [5, 5.41) is 0. The van der Waals surface area contributed by atoms with Crippen LogP contribution in [0, 0.1) is 0 Å². The molecule has 0 spiro atoms. The van der Waals surface area contributed by atoms with Crippen LogP contribution in [0.4, 0.5) is 10.1 Å². The molecule has 0 amide bonds. The van der Waals surface area contributed by atoms with Crippen molar-refractivity contribution in [1.29, 1.82) is 0 Å². The monoisotopic (exact) mass is 179 g/mol. The van der Waals surface area contributed by atoms with Crippen molar-refractivity contribution in [3.8, 4) is 0 Å². The van der Waals surface area contributed by atoms with Crippen LogP contribution in [0.5, 0.6) is 0 Å². The molecule has 2 N–H and O–H groups in total. The zero-order valence-corrected chi connectivity index (χ0v) is 7.76. The molecule has 0 aromatic heterocycles. The minimum atomic E-state index is -0.754. The Morgan fingerprint density at radius 2 is 1.85 bits per heavy atom. The molecule has 0 saturated heterocycles. The molecule has 1 nitrogen and oxygen atoms in total. The van der Waals surface area contributed by atoms with Crippen LogP contribution in [-0.2, 0) is 5.41 Å². The van der Waals surface area contributed by atoms with E-state index in [-0.39, 0.29) is 5.41 Å². The smallest absolute Gasteiger partial charge is 0.107 e. The predicted molar refractivity (Wildman–Crippen MR) is 52.3 cm³/mol. The summed E-state index contributed by atoms with van der Waals surface area (Å²) >= 11 is 0. The van der Waals surface area contributed by atoms with Gasteiger partial charge in [0.2, 0.25) is 0 Å². The zero-order valence-electron chi connectivity index (χ0n) is 7.76. The van der Waals surface area contributed by atoms with Crippen molar-refractivity contribution in [2.24, 2.45) is 0 Å². The maximum Gasteiger partial charge on any atom is 0.107 e. The fraction of sp³-hybridized carbons (Fsp3) is 0.455. The Hall–Kier alpha value is -1.05. The molecule has 1 aliphatic carbocycles. The lowest BCUT2D eigenvalue weighted by Gasteiger charge is -2.16. The Bertz CT molecular complexity index is 298. The maximum absolute atomic E-state index is 13.3. The van der Waals surface area contributed by atoms with Crippen LogP contribution in [-0.4, -0.2) is 6.17 Å². The van der Waals surface area contributed by atoms with Gasteiger partial charge in [0.05, 0.1) is 0 Å². The molecule has 13 heavy (non-hydrogen) atoms. The second kappa shape index (κ2) is 2.72. The fourth-order valence-electron chi connectivity index (χ4n) is 1.87. The Morgan fingerprint density at radius 1 is 1.31 bits per heavy atom. The van der Waals surface area contributed by atoms with Crippen LogP contribution in [0.1, 0.15) is 25.3 Å². The molecule has 70 valence electrons. The molecule has 0 bridgehead atoms. The van der Waals surface area contributed by atoms with Gasteiger partial charge in [-0.2, -0.15) is 0 Å². The van der Waals surface area contributed by atoms with Crippen LogP contribution < -0.4 is 5.73 Å². The predicted octanol–water partition coefficient (Wildman–Crippen LogP) is 2.66. The minimum absolute atomic E-state index is 0.187. The van der Waals surface area contributed by atoms with E-state index in [1.807, 2.05) is 24.3 Å². The van der Waals surface area contributed by atoms with Crippen molar-refractivity contribution in [1.82, 2.24) is 0 Å². The Balaban J connectivity index is 2.31. The van der Waals surface area contributed by atoms with Gasteiger partial charge in [-0.25, -0.2) is 4.39 Å². The SMILES string of the molecule is CC(F)C1(c2ccc(N)cc2)CC1. The van der Waals surface area contributed by atoms with Gasteiger partial charge in [-0.3, -0.25) is 0 Å². The van der Waals surface area contributed by atoms with E-state index in [0.717, 1.165) is 24.1 Å². The number of hydrogen-bond donors (Lipinski definition) is 1. The van der Waals surface area contributed by atoms with Crippen molar-refractivity contribution >= 4 is 5.69 Å². The second-order valence-corrected chi connectivity index (χ2v) is 3.89. The standard InChI is InChI=1S/C11H14FN/c1-8(12)11(6-7-11)9-2-4-10(13)5-3-9/h2-5,8H,6-7,13H2,1H3. The van der Waals surface area contributed by atoms with Gasteiger partial charge < -0.3 is 5.73 Å². The molecule has 1 aliphatic rings. The molecule has 0 heterocycles. The van der Waals surface area contributed by atoms with Gasteiger partial charge in [-0.15, -0.1) is 0 Å². The maximum atomic E-state index is 13.3. The number of anilines is 1. The molecule has 0 aliphatic heterocycles. The summed E-state index contributed by atoms with van der Waals surface area (Å²) in [7, 11) is 0. The van der Waals surface area contributed by atoms with E-state index in [2.05, 4.69) is 0 Å². The second-order valence-electron chi connectivity index (χ2n) is 3.89. The summed E-state index contributed by atoms with van der Waals surface area (Å²) < 4.78 is 13.3. The molecule has 1 fully saturated rings. The van der Waals surface area contributed by atoms with Crippen LogP contribution in [0.15, 0.2) is 24.3 Å². The number of nitrogens with two attached hydrogens (primary N) is 1. The Kier molecular flexibility index (Phi) is 1.79. The highest BCUT2D eigenvalue weighted by Gasteiger charge is 2.49. The number of alkyl halides is 1. The number of benzene rings is 1. The molecule has 1 atom stereocenters. The normalized spacial score (nSPS) is 21.1. The van der Waals surface area contributed by atoms with Crippen molar-refractivity contribution in [3.63, 3.8) is 0 Å². The van der Waals surface area contributed by atoms with E-state index >= 15 is 0 Å². The first-order valence-corrected chi connectivity index (χ1v) is 4.65. The highest BCUT2D eigenvalue weighted by molar-refractivity contribution is 5.43. The van der Waals surface area contributed by atoms with Crippen molar-refractivity contribution in [3.05, 3.63) is 29.8 Å². The number of halogens is 1. The van der Waals surface area contributed by atoms with Gasteiger partial charge in [0, 0.05) is 11.1 Å². The molecule has 0 radical (unpaired) electrons. The van der Waals surface area contributed by atoms with Crippen molar-refractivity contribution in [2.75, 3.05) is 5.73 Å². The minimum Gasteiger partial charge on any atom is -0.399 e. The van der Waals surface area contributed by atoms with E-state index < -0.39 is 6.17 Å². The first kappa shape index (κ1) is 8.54. The van der Waals surface area contributed by atoms with Crippen LogP contribution in [0.25, 0.3) is 0 Å². The number of nitrogen functional groups attached to an aromatic ring is 1. The molecule has 1 unspecified atom stereocenters.